The first-order valence-electron chi connectivity index (χ1n) is 8.16. The number of aromatic nitrogens is 5. The van der Waals surface area contributed by atoms with Gasteiger partial charge in [0.05, 0.1) is 19.4 Å². The van der Waals surface area contributed by atoms with Crippen molar-refractivity contribution in [1.82, 2.24) is 29.6 Å². The quantitative estimate of drug-likeness (QED) is 0.683. The number of aryl methyl sites for hydroxylation is 1. The third-order valence-corrected chi connectivity index (χ3v) is 6.46. The van der Waals surface area contributed by atoms with Crippen molar-refractivity contribution < 1.29 is 18.5 Å². The summed E-state index contributed by atoms with van der Waals surface area (Å²) in [6, 6.07) is 0. The van der Waals surface area contributed by atoms with Crippen molar-refractivity contribution >= 4 is 7.60 Å². The molecule has 0 aliphatic carbocycles. The van der Waals surface area contributed by atoms with Crippen molar-refractivity contribution in [3.63, 3.8) is 0 Å². The van der Waals surface area contributed by atoms with Crippen LogP contribution in [0.25, 0.3) is 11.5 Å². The molecule has 0 spiro atoms. The Morgan fingerprint density at radius 2 is 2.04 bits per heavy atom. The molecule has 0 amide bonds. The summed E-state index contributed by atoms with van der Waals surface area (Å²) in [6.45, 7) is 4.18. The fourth-order valence-corrected chi connectivity index (χ4v) is 4.85. The predicted octanol–water partition coefficient (Wildman–Crippen LogP) is 2.04. The van der Waals surface area contributed by atoms with Gasteiger partial charge in [-0.25, -0.2) is 9.67 Å². The zero-order valence-corrected chi connectivity index (χ0v) is 15.7. The lowest BCUT2D eigenvalue weighted by molar-refractivity contribution is -0.162. The highest BCUT2D eigenvalue weighted by Gasteiger charge is 2.47. The van der Waals surface area contributed by atoms with Gasteiger partial charge in [-0.3, -0.25) is 9.40 Å². The maximum Gasteiger partial charge on any atom is 0.350 e. The van der Waals surface area contributed by atoms with Crippen molar-refractivity contribution in [3.05, 3.63) is 18.6 Å². The first-order valence-corrected chi connectivity index (χ1v) is 9.77. The molecule has 1 fully saturated rings. The number of hydroxylamine groups is 2. The molecule has 1 saturated heterocycles. The van der Waals surface area contributed by atoms with Crippen LogP contribution in [0.15, 0.2) is 18.6 Å². The van der Waals surface area contributed by atoms with E-state index in [9.17, 15) is 4.57 Å². The van der Waals surface area contributed by atoms with E-state index in [1.807, 2.05) is 17.8 Å². The summed E-state index contributed by atoms with van der Waals surface area (Å²) in [7, 11) is 0.294. The number of rotatable bonds is 7. The molecular formula is C14H23N6O4P. The molecule has 2 aromatic rings. The minimum Gasteiger partial charge on any atom is -0.333 e. The third kappa shape index (κ3) is 3.54. The molecule has 1 aliphatic rings. The highest BCUT2D eigenvalue weighted by Crippen LogP contribution is 2.58. The average Bonchev–Trinajstić information content (AvgIpc) is 3.26. The minimum absolute atomic E-state index is 0.304. The van der Waals surface area contributed by atoms with E-state index in [4.69, 9.17) is 13.9 Å². The Morgan fingerprint density at radius 1 is 1.32 bits per heavy atom. The van der Waals surface area contributed by atoms with Crippen LogP contribution < -0.4 is 0 Å². The van der Waals surface area contributed by atoms with Gasteiger partial charge in [-0.1, -0.05) is 5.21 Å². The Labute approximate surface area is 146 Å². The molecule has 0 aromatic carbocycles. The SMILES string of the molecule is CCOP(=O)(OCC)[C@@H]1C[C@@H](n2cc(-c3nccn3C)nn2)ON1C. The van der Waals surface area contributed by atoms with Crippen molar-refractivity contribution in [2.24, 2.45) is 7.05 Å². The topological polar surface area (TPSA) is 96.5 Å². The first kappa shape index (κ1) is 18.2. The molecule has 11 heteroatoms. The Kier molecular flexibility index (Phi) is 5.35. The molecule has 0 radical (unpaired) electrons. The maximum atomic E-state index is 13.0. The van der Waals surface area contributed by atoms with Gasteiger partial charge < -0.3 is 13.6 Å². The van der Waals surface area contributed by atoms with Crippen molar-refractivity contribution in [2.75, 3.05) is 20.3 Å². The van der Waals surface area contributed by atoms with E-state index in [1.54, 1.807) is 38.0 Å². The minimum atomic E-state index is -3.31. The van der Waals surface area contributed by atoms with Gasteiger partial charge >= 0.3 is 7.60 Å². The second-order valence-corrected chi connectivity index (χ2v) is 7.84. The van der Waals surface area contributed by atoms with E-state index >= 15 is 0 Å². The monoisotopic (exact) mass is 370 g/mol. The summed E-state index contributed by atoms with van der Waals surface area (Å²) >= 11 is 0. The van der Waals surface area contributed by atoms with Gasteiger partial charge in [0, 0.05) is 32.9 Å². The highest BCUT2D eigenvalue weighted by molar-refractivity contribution is 7.54. The lowest BCUT2D eigenvalue weighted by Gasteiger charge is -2.25. The molecule has 10 nitrogen and oxygen atoms in total. The molecule has 0 bridgehead atoms. The summed E-state index contributed by atoms with van der Waals surface area (Å²) in [5.74, 6) is 0.210. The zero-order valence-electron chi connectivity index (χ0n) is 14.8. The van der Waals surface area contributed by atoms with Gasteiger partial charge in [-0.2, -0.15) is 5.06 Å². The largest absolute Gasteiger partial charge is 0.350 e. The predicted molar refractivity (Wildman–Crippen MR) is 89.4 cm³/mol. The fraction of sp³-hybridized carbons (Fsp3) is 0.643. The lowest BCUT2D eigenvalue weighted by Crippen LogP contribution is -2.25. The van der Waals surface area contributed by atoms with Crippen LogP contribution in [-0.4, -0.2) is 55.7 Å². The van der Waals surface area contributed by atoms with Crippen LogP contribution in [0.1, 0.15) is 26.5 Å². The molecule has 0 unspecified atom stereocenters. The Balaban J connectivity index is 1.79. The number of imidazole rings is 1. The van der Waals surface area contributed by atoms with Gasteiger partial charge in [-0.15, -0.1) is 5.10 Å². The molecular weight excluding hydrogens is 347 g/mol. The molecule has 2 atom stereocenters. The summed E-state index contributed by atoms with van der Waals surface area (Å²) in [5.41, 5.74) is 0.639. The first-order chi connectivity index (χ1) is 12.0. The van der Waals surface area contributed by atoms with E-state index in [0.717, 1.165) is 0 Å². The maximum absolute atomic E-state index is 13.0. The highest BCUT2D eigenvalue weighted by atomic mass is 31.2. The van der Waals surface area contributed by atoms with Crippen LogP contribution in [0.2, 0.25) is 0 Å². The summed E-state index contributed by atoms with van der Waals surface area (Å²) in [6.07, 6.45) is 5.27. The normalized spacial score (nSPS) is 21.9. The van der Waals surface area contributed by atoms with Crippen LogP contribution in [0.4, 0.5) is 0 Å². The van der Waals surface area contributed by atoms with Crippen molar-refractivity contribution in [1.29, 1.82) is 0 Å². The van der Waals surface area contributed by atoms with E-state index in [2.05, 4.69) is 15.3 Å². The molecule has 25 heavy (non-hydrogen) atoms. The molecule has 1 aliphatic heterocycles. The molecule has 0 saturated carbocycles. The third-order valence-electron chi connectivity index (χ3n) is 3.96. The number of nitrogens with zero attached hydrogens (tertiary/aromatic N) is 6. The van der Waals surface area contributed by atoms with E-state index in [1.165, 1.54) is 5.06 Å². The van der Waals surface area contributed by atoms with E-state index in [0.29, 0.717) is 31.2 Å². The number of hydrogen-bond donors (Lipinski definition) is 0. The van der Waals surface area contributed by atoms with Crippen molar-refractivity contribution in [3.8, 4) is 11.5 Å². The average molecular weight is 370 g/mol. The van der Waals surface area contributed by atoms with Gasteiger partial charge in [0.1, 0.15) is 11.5 Å². The molecule has 0 N–H and O–H groups in total. The molecule has 2 aromatic heterocycles. The smallest absolute Gasteiger partial charge is 0.333 e. The fourth-order valence-electron chi connectivity index (χ4n) is 2.82. The second kappa shape index (κ2) is 7.35. The van der Waals surface area contributed by atoms with Crippen LogP contribution in [0.5, 0.6) is 0 Å². The summed E-state index contributed by atoms with van der Waals surface area (Å²) in [4.78, 5) is 10.0. The molecule has 138 valence electrons. The standard InChI is InChI=1S/C14H23N6O4P/c1-5-22-25(21,23-6-2)13-9-12(24-19(13)4)20-10-11(16-17-20)14-15-7-8-18(14)3/h7-8,10,12-13H,5-6,9H2,1-4H3/t12-,13+/m0/s1. The lowest BCUT2D eigenvalue weighted by atomic mass is 10.4. The van der Waals surface area contributed by atoms with Crippen LogP contribution in [-0.2, 0) is 25.5 Å². The van der Waals surface area contributed by atoms with Gasteiger partial charge in [0.25, 0.3) is 0 Å². The Bertz CT molecular complexity index is 752. The van der Waals surface area contributed by atoms with Gasteiger partial charge in [0.15, 0.2) is 12.1 Å². The molecule has 3 heterocycles. The van der Waals surface area contributed by atoms with E-state index < -0.39 is 19.6 Å². The van der Waals surface area contributed by atoms with Crippen LogP contribution >= 0.6 is 7.60 Å². The van der Waals surface area contributed by atoms with Gasteiger partial charge in [-0.05, 0) is 13.8 Å². The van der Waals surface area contributed by atoms with Crippen molar-refractivity contribution in [2.45, 2.75) is 32.3 Å². The second-order valence-electron chi connectivity index (χ2n) is 5.64. The zero-order chi connectivity index (χ0) is 18.0. The summed E-state index contributed by atoms with van der Waals surface area (Å²) in [5, 5.41) is 9.80. The van der Waals surface area contributed by atoms with Crippen LogP contribution in [0.3, 0.4) is 0 Å². The van der Waals surface area contributed by atoms with Crippen LogP contribution in [0, 0.1) is 0 Å². The Morgan fingerprint density at radius 3 is 2.64 bits per heavy atom. The Hall–Kier alpha value is -1.58. The number of hydrogen-bond acceptors (Lipinski definition) is 8. The molecule has 3 rings (SSSR count). The van der Waals surface area contributed by atoms with E-state index in [-0.39, 0.29) is 0 Å². The summed E-state index contributed by atoms with van der Waals surface area (Å²) < 4.78 is 27.4. The van der Waals surface area contributed by atoms with Gasteiger partial charge in [0.2, 0.25) is 0 Å².